The van der Waals surface area contributed by atoms with Crippen molar-refractivity contribution < 1.29 is 17.9 Å². The number of nitrogens with zero attached hydrogens (tertiary/aromatic N) is 1. The average molecular weight is 455 g/mol. The number of ether oxygens (including phenoxy) is 1. The Morgan fingerprint density at radius 2 is 1.71 bits per heavy atom. The van der Waals surface area contributed by atoms with Gasteiger partial charge in [0, 0.05) is 4.90 Å². The number of carbonyl (C=O) groups excluding carboxylic acids is 1. The second-order valence-electron chi connectivity index (χ2n) is 6.84. The number of thioether (sulfide) groups is 1. The quantitative estimate of drug-likeness (QED) is 0.559. The minimum atomic E-state index is -3.86. The Bertz CT molecular complexity index is 1180. The summed E-state index contributed by atoms with van der Waals surface area (Å²) in [5, 5.41) is 2.90. The van der Waals surface area contributed by atoms with Crippen molar-refractivity contribution in [1.29, 1.82) is 0 Å². The van der Waals surface area contributed by atoms with E-state index in [2.05, 4.69) is 5.32 Å². The van der Waals surface area contributed by atoms with Crippen LogP contribution < -0.4 is 14.4 Å². The first-order chi connectivity index (χ1) is 15.0. The number of benzene rings is 3. The van der Waals surface area contributed by atoms with Gasteiger partial charge in [-0.25, -0.2) is 8.42 Å². The van der Waals surface area contributed by atoms with Crippen LogP contribution in [0.2, 0.25) is 0 Å². The van der Waals surface area contributed by atoms with Gasteiger partial charge in [0.2, 0.25) is 0 Å². The molecule has 0 spiro atoms. The molecule has 1 amide bonds. The molecule has 0 fully saturated rings. The first kappa shape index (κ1) is 21.3. The Balaban J connectivity index is 1.65. The van der Waals surface area contributed by atoms with Crippen LogP contribution in [0, 0.1) is 0 Å². The van der Waals surface area contributed by atoms with Crippen LogP contribution in [-0.2, 0) is 14.8 Å². The van der Waals surface area contributed by atoms with Crippen molar-refractivity contribution >= 4 is 39.1 Å². The highest BCUT2D eigenvalue weighted by Crippen LogP contribution is 2.37. The van der Waals surface area contributed by atoms with Gasteiger partial charge in [-0.1, -0.05) is 49.4 Å². The summed E-state index contributed by atoms with van der Waals surface area (Å²) >= 11 is 1.62. The highest BCUT2D eigenvalue weighted by molar-refractivity contribution is 7.99. The fourth-order valence-electron chi connectivity index (χ4n) is 3.35. The Hall–Kier alpha value is -2.97. The number of sulfonamides is 1. The molecule has 1 atom stereocenters. The van der Waals surface area contributed by atoms with Crippen molar-refractivity contribution in [1.82, 2.24) is 0 Å². The zero-order valence-corrected chi connectivity index (χ0v) is 18.5. The van der Waals surface area contributed by atoms with Gasteiger partial charge in [-0.3, -0.25) is 9.10 Å². The van der Waals surface area contributed by atoms with Gasteiger partial charge in [0.25, 0.3) is 15.9 Å². The van der Waals surface area contributed by atoms with Crippen molar-refractivity contribution in [2.45, 2.75) is 22.8 Å². The molecular weight excluding hydrogens is 432 g/mol. The van der Waals surface area contributed by atoms with Crippen LogP contribution in [0.1, 0.15) is 6.92 Å². The van der Waals surface area contributed by atoms with Gasteiger partial charge >= 0.3 is 0 Å². The highest BCUT2D eigenvalue weighted by Gasteiger charge is 2.37. The number of anilines is 2. The van der Waals surface area contributed by atoms with Gasteiger partial charge in [0.1, 0.15) is 5.75 Å². The van der Waals surface area contributed by atoms with Gasteiger partial charge in [0.15, 0.2) is 6.10 Å². The number of fused-ring (bicyclic) bond motifs is 1. The molecule has 0 radical (unpaired) electrons. The number of rotatable bonds is 6. The Morgan fingerprint density at radius 1 is 1.03 bits per heavy atom. The lowest BCUT2D eigenvalue weighted by Crippen LogP contribution is -2.48. The van der Waals surface area contributed by atoms with Crippen molar-refractivity contribution in [2.24, 2.45) is 0 Å². The molecule has 1 N–H and O–H groups in total. The minimum absolute atomic E-state index is 0.122. The molecule has 160 valence electrons. The molecule has 4 rings (SSSR count). The average Bonchev–Trinajstić information content (AvgIpc) is 2.80. The van der Waals surface area contributed by atoms with E-state index in [0.29, 0.717) is 17.1 Å². The number of amides is 1. The molecular formula is C23H22N2O4S2. The van der Waals surface area contributed by atoms with Crippen molar-refractivity contribution in [3.63, 3.8) is 0 Å². The van der Waals surface area contributed by atoms with Crippen LogP contribution in [0.5, 0.6) is 5.75 Å². The predicted molar refractivity (Wildman–Crippen MR) is 123 cm³/mol. The molecule has 31 heavy (non-hydrogen) atoms. The van der Waals surface area contributed by atoms with E-state index in [1.54, 1.807) is 66.4 Å². The molecule has 6 nitrogen and oxygen atoms in total. The summed E-state index contributed by atoms with van der Waals surface area (Å²) in [5.41, 5.74) is 1.09. The molecule has 8 heteroatoms. The monoisotopic (exact) mass is 454 g/mol. The van der Waals surface area contributed by atoms with Crippen molar-refractivity contribution in [3.05, 3.63) is 78.9 Å². The van der Waals surface area contributed by atoms with E-state index in [0.717, 1.165) is 10.6 Å². The second kappa shape index (κ2) is 9.03. The molecule has 1 aliphatic rings. The number of para-hydroxylation sites is 3. The van der Waals surface area contributed by atoms with Gasteiger partial charge < -0.3 is 10.1 Å². The van der Waals surface area contributed by atoms with E-state index in [4.69, 9.17) is 4.74 Å². The highest BCUT2D eigenvalue weighted by atomic mass is 32.2. The maximum Gasteiger partial charge on any atom is 0.267 e. The molecule has 0 aromatic heterocycles. The summed E-state index contributed by atoms with van der Waals surface area (Å²) in [5.74, 6) is 0.820. The summed E-state index contributed by atoms with van der Waals surface area (Å²) in [6, 6.07) is 22.5. The molecule has 0 bridgehead atoms. The zero-order valence-electron chi connectivity index (χ0n) is 16.9. The summed E-state index contributed by atoms with van der Waals surface area (Å²) in [7, 11) is -3.86. The third kappa shape index (κ3) is 4.40. The van der Waals surface area contributed by atoms with Gasteiger partial charge in [-0.05, 0) is 42.2 Å². The smallest absolute Gasteiger partial charge is 0.267 e. The fourth-order valence-corrected chi connectivity index (χ4v) is 5.61. The second-order valence-corrected chi connectivity index (χ2v) is 10.0. The predicted octanol–water partition coefficient (Wildman–Crippen LogP) is 4.39. The van der Waals surface area contributed by atoms with Crippen molar-refractivity contribution in [2.75, 3.05) is 21.9 Å². The lowest BCUT2D eigenvalue weighted by Gasteiger charge is -2.34. The summed E-state index contributed by atoms with van der Waals surface area (Å²) < 4.78 is 33.9. The third-order valence-electron chi connectivity index (χ3n) is 4.80. The summed E-state index contributed by atoms with van der Waals surface area (Å²) in [6.45, 7) is 1.92. The molecule has 3 aromatic rings. The summed E-state index contributed by atoms with van der Waals surface area (Å²) in [4.78, 5) is 14.2. The Kier molecular flexibility index (Phi) is 6.20. The molecule has 0 saturated heterocycles. The van der Waals surface area contributed by atoms with Gasteiger partial charge in [-0.15, -0.1) is 11.8 Å². The largest absolute Gasteiger partial charge is 0.476 e. The third-order valence-corrected chi connectivity index (χ3v) is 7.55. The first-order valence-electron chi connectivity index (χ1n) is 9.87. The van der Waals surface area contributed by atoms with E-state index in [1.807, 2.05) is 31.2 Å². The Morgan fingerprint density at radius 3 is 2.48 bits per heavy atom. The van der Waals surface area contributed by atoms with Crippen molar-refractivity contribution in [3.8, 4) is 5.75 Å². The van der Waals surface area contributed by atoms with Crippen LogP contribution in [0.3, 0.4) is 0 Å². The normalized spacial score (nSPS) is 15.6. The SMILES string of the molecule is CCSc1ccccc1NC(=O)C1CN(S(=O)(=O)c2ccccc2)c2ccccc2O1. The zero-order chi connectivity index (χ0) is 21.8. The lowest BCUT2D eigenvalue weighted by atomic mass is 10.2. The first-order valence-corrected chi connectivity index (χ1v) is 12.3. The van der Waals surface area contributed by atoms with E-state index in [-0.39, 0.29) is 11.4 Å². The lowest BCUT2D eigenvalue weighted by molar-refractivity contribution is -0.122. The van der Waals surface area contributed by atoms with Gasteiger partial charge in [-0.2, -0.15) is 0 Å². The molecule has 1 heterocycles. The Labute approximate surface area is 186 Å². The van der Waals surface area contributed by atoms with Crippen LogP contribution in [0.4, 0.5) is 11.4 Å². The standard InChI is InChI=1S/C23H22N2O4S2/c1-2-30-22-15-9-6-12-18(22)24-23(26)21-16-25(19-13-7-8-14-20(19)29-21)31(27,28)17-10-4-3-5-11-17/h3-15,21H,2,16H2,1H3,(H,24,26). The summed E-state index contributed by atoms with van der Waals surface area (Å²) in [6.07, 6.45) is -0.993. The molecule has 0 saturated carbocycles. The maximum absolute atomic E-state index is 13.4. The number of hydrogen-bond donors (Lipinski definition) is 1. The molecule has 1 unspecified atom stereocenters. The fraction of sp³-hybridized carbons (Fsp3) is 0.174. The number of nitrogens with one attached hydrogen (secondary N) is 1. The van der Waals surface area contributed by atoms with Crippen LogP contribution >= 0.6 is 11.8 Å². The van der Waals surface area contributed by atoms with Crippen LogP contribution in [-0.4, -0.2) is 32.7 Å². The number of carbonyl (C=O) groups is 1. The van der Waals surface area contributed by atoms with E-state index in [9.17, 15) is 13.2 Å². The molecule has 3 aromatic carbocycles. The van der Waals surface area contributed by atoms with E-state index >= 15 is 0 Å². The molecule has 1 aliphatic heterocycles. The number of hydrogen-bond acceptors (Lipinski definition) is 5. The van der Waals surface area contributed by atoms with Crippen LogP contribution in [0.25, 0.3) is 0 Å². The van der Waals surface area contributed by atoms with Gasteiger partial charge in [0.05, 0.1) is 22.8 Å². The van der Waals surface area contributed by atoms with Crippen LogP contribution in [0.15, 0.2) is 88.7 Å². The van der Waals surface area contributed by atoms with E-state index < -0.39 is 22.0 Å². The topological polar surface area (TPSA) is 75.7 Å². The molecule has 0 aliphatic carbocycles. The maximum atomic E-state index is 13.4. The minimum Gasteiger partial charge on any atom is -0.476 e. The van der Waals surface area contributed by atoms with E-state index in [1.165, 1.54) is 4.31 Å².